The third kappa shape index (κ3) is 5.57. The molecule has 0 saturated heterocycles. The minimum absolute atomic E-state index is 0.0809. The van der Waals surface area contributed by atoms with Crippen molar-refractivity contribution in [2.24, 2.45) is 0 Å². The Labute approximate surface area is 162 Å². The van der Waals surface area contributed by atoms with Crippen LogP contribution in [0.2, 0.25) is 0 Å². The summed E-state index contributed by atoms with van der Waals surface area (Å²) in [5.74, 6) is 0.0798. The average molecular weight is 389 g/mol. The SMILES string of the molecule is CCc1ccccc1N(CCC(=O)Nc1ccccc1C(C)C)S(C)(=O)=O. The smallest absolute Gasteiger partial charge is 0.232 e. The van der Waals surface area contributed by atoms with Crippen LogP contribution in [0.15, 0.2) is 48.5 Å². The lowest BCUT2D eigenvalue weighted by Gasteiger charge is -2.24. The van der Waals surface area contributed by atoms with E-state index in [1.807, 2.05) is 49.4 Å². The summed E-state index contributed by atoms with van der Waals surface area (Å²) in [5, 5.41) is 2.92. The van der Waals surface area contributed by atoms with E-state index in [1.165, 1.54) is 10.6 Å². The van der Waals surface area contributed by atoms with Crippen LogP contribution in [0.25, 0.3) is 0 Å². The number of carbonyl (C=O) groups is 1. The molecule has 0 atom stereocenters. The van der Waals surface area contributed by atoms with Gasteiger partial charge in [-0.3, -0.25) is 9.10 Å². The molecule has 2 aromatic carbocycles. The van der Waals surface area contributed by atoms with Gasteiger partial charge in [0.05, 0.1) is 11.9 Å². The number of nitrogens with one attached hydrogen (secondary N) is 1. The molecule has 2 aromatic rings. The lowest BCUT2D eigenvalue weighted by Crippen LogP contribution is -2.33. The fourth-order valence-corrected chi connectivity index (χ4v) is 4.01. The predicted molar refractivity (Wildman–Crippen MR) is 112 cm³/mol. The number of sulfonamides is 1. The summed E-state index contributed by atoms with van der Waals surface area (Å²) in [6.07, 6.45) is 1.97. The first kappa shape index (κ1) is 21.0. The molecule has 5 nitrogen and oxygen atoms in total. The number of amides is 1. The molecule has 0 aliphatic carbocycles. The number of aryl methyl sites for hydroxylation is 1. The van der Waals surface area contributed by atoms with Gasteiger partial charge < -0.3 is 5.32 Å². The topological polar surface area (TPSA) is 66.5 Å². The van der Waals surface area contributed by atoms with Gasteiger partial charge >= 0.3 is 0 Å². The first-order chi connectivity index (χ1) is 12.7. The second-order valence-corrected chi connectivity index (χ2v) is 8.76. The van der Waals surface area contributed by atoms with Crippen molar-refractivity contribution in [3.8, 4) is 0 Å². The highest BCUT2D eigenvalue weighted by Gasteiger charge is 2.21. The van der Waals surface area contributed by atoms with Crippen molar-refractivity contribution in [2.75, 3.05) is 22.4 Å². The summed E-state index contributed by atoms with van der Waals surface area (Å²) in [6.45, 7) is 6.22. The van der Waals surface area contributed by atoms with Crippen LogP contribution in [0.3, 0.4) is 0 Å². The van der Waals surface area contributed by atoms with Crippen LogP contribution in [0.5, 0.6) is 0 Å². The third-order valence-electron chi connectivity index (χ3n) is 4.44. The first-order valence-electron chi connectivity index (χ1n) is 9.18. The van der Waals surface area contributed by atoms with Crippen molar-refractivity contribution in [2.45, 2.75) is 39.5 Å². The van der Waals surface area contributed by atoms with Crippen molar-refractivity contribution in [1.29, 1.82) is 0 Å². The van der Waals surface area contributed by atoms with E-state index in [4.69, 9.17) is 0 Å². The highest BCUT2D eigenvalue weighted by Crippen LogP contribution is 2.25. The Bertz CT molecular complexity index is 892. The Morgan fingerprint density at radius 3 is 2.33 bits per heavy atom. The molecule has 2 rings (SSSR count). The second-order valence-electron chi connectivity index (χ2n) is 6.86. The van der Waals surface area contributed by atoms with Gasteiger partial charge in [0.2, 0.25) is 15.9 Å². The van der Waals surface area contributed by atoms with Gasteiger partial charge in [0.1, 0.15) is 0 Å². The van der Waals surface area contributed by atoms with E-state index in [0.29, 0.717) is 5.69 Å². The van der Waals surface area contributed by atoms with Crippen molar-refractivity contribution >= 4 is 27.3 Å². The number of hydrogen-bond acceptors (Lipinski definition) is 3. The van der Waals surface area contributed by atoms with Gasteiger partial charge in [0.15, 0.2) is 0 Å². The number of nitrogens with zero attached hydrogens (tertiary/aromatic N) is 1. The first-order valence-corrected chi connectivity index (χ1v) is 11.0. The van der Waals surface area contributed by atoms with E-state index in [2.05, 4.69) is 19.2 Å². The van der Waals surface area contributed by atoms with Crippen LogP contribution in [-0.2, 0) is 21.2 Å². The zero-order chi connectivity index (χ0) is 20.0. The van der Waals surface area contributed by atoms with Crippen LogP contribution >= 0.6 is 0 Å². The van der Waals surface area contributed by atoms with Crippen LogP contribution in [0, 0.1) is 0 Å². The predicted octanol–water partition coefficient (Wildman–Crippen LogP) is 4.17. The monoisotopic (exact) mass is 388 g/mol. The normalized spacial score (nSPS) is 11.4. The Kier molecular flexibility index (Phi) is 7.02. The molecule has 0 bridgehead atoms. The molecule has 0 unspecified atom stereocenters. The van der Waals surface area contributed by atoms with E-state index in [-0.39, 0.29) is 24.8 Å². The molecule has 1 N–H and O–H groups in total. The summed E-state index contributed by atoms with van der Waals surface area (Å²) in [4.78, 5) is 12.5. The van der Waals surface area contributed by atoms with Crippen molar-refractivity contribution in [1.82, 2.24) is 0 Å². The number of hydrogen-bond donors (Lipinski definition) is 1. The minimum Gasteiger partial charge on any atom is -0.326 e. The molecule has 0 aliphatic heterocycles. The standard InChI is InChI=1S/C21H28N2O3S/c1-5-17-10-6-9-13-20(17)23(27(4,25)26)15-14-21(24)22-19-12-8-7-11-18(19)16(2)3/h6-13,16H,5,14-15H2,1-4H3,(H,22,24). The van der Waals surface area contributed by atoms with E-state index < -0.39 is 10.0 Å². The second kappa shape index (κ2) is 9.04. The molecule has 0 aliphatic rings. The summed E-state index contributed by atoms with van der Waals surface area (Å²) in [5.41, 5.74) is 3.41. The fraction of sp³-hybridized carbons (Fsp3) is 0.381. The van der Waals surface area contributed by atoms with E-state index >= 15 is 0 Å². The van der Waals surface area contributed by atoms with E-state index in [0.717, 1.165) is 23.2 Å². The van der Waals surface area contributed by atoms with Crippen molar-refractivity contribution in [3.05, 3.63) is 59.7 Å². The Hall–Kier alpha value is -2.34. The third-order valence-corrected chi connectivity index (χ3v) is 5.62. The van der Waals surface area contributed by atoms with Crippen LogP contribution in [0.4, 0.5) is 11.4 Å². The molecule has 146 valence electrons. The Morgan fingerprint density at radius 2 is 1.70 bits per heavy atom. The van der Waals surface area contributed by atoms with Gasteiger partial charge in [-0.15, -0.1) is 0 Å². The highest BCUT2D eigenvalue weighted by atomic mass is 32.2. The van der Waals surface area contributed by atoms with E-state index in [1.54, 1.807) is 6.07 Å². The quantitative estimate of drug-likeness (QED) is 0.738. The zero-order valence-electron chi connectivity index (χ0n) is 16.4. The fourth-order valence-electron chi connectivity index (χ4n) is 3.05. The molecule has 6 heteroatoms. The molecule has 27 heavy (non-hydrogen) atoms. The maximum atomic E-state index is 12.5. The minimum atomic E-state index is -3.49. The molecule has 1 amide bonds. The maximum absolute atomic E-state index is 12.5. The lowest BCUT2D eigenvalue weighted by molar-refractivity contribution is -0.116. The zero-order valence-corrected chi connectivity index (χ0v) is 17.2. The summed E-state index contributed by atoms with van der Waals surface area (Å²) in [6, 6.07) is 15.1. The largest absolute Gasteiger partial charge is 0.326 e. The Morgan fingerprint density at radius 1 is 1.07 bits per heavy atom. The molecule has 0 saturated carbocycles. The Balaban J connectivity index is 2.15. The summed E-state index contributed by atoms with van der Waals surface area (Å²) >= 11 is 0. The summed E-state index contributed by atoms with van der Waals surface area (Å²) < 4.78 is 25.9. The maximum Gasteiger partial charge on any atom is 0.232 e. The number of rotatable bonds is 8. The molecule has 0 heterocycles. The number of para-hydroxylation sites is 2. The van der Waals surface area contributed by atoms with Crippen LogP contribution in [-0.4, -0.2) is 27.1 Å². The molecule has 0 fully saturated rings. The van der Waals surface area contributed by atoms with Crippen LogP contribution in [0.1, 0.15) is 44.2 Å². The van der Waals surface area contributed by atoms with Gasteiger partial charge in [-0.25, -0.2) is 8.42 Å². The lowest BCUT2D eigenvalue weighted by atomic mass is 10.0. The molecule has 0 spiro atoms. The van der Waals surface area contributed by atoms with Crippen molar-refractivity contribution < 1.29 is 13.2 Å². The van der Waals surface area contributed by atoms with Gasteiger partial charge in [-0.05, 0) is 35.6 Å². The number of anilines is 2. The van der Waals surface area contributed by atoms with E-state index in [9.17, 15) is 13.2 Å². The number of benzene rings is 2. The van der Waals surface area contributed by atoms with Gasteiger partial charge in [0, 0.05) is 18.7 Å². The average Bonchev–Trinajstić information content (AvgIpc) is 2.61. The van der Waals surface area contributed by atoms with Gasteiger partial charge in [0.25, 0.3) is 0 Å². The molecular weight excluding hydrogens is 360 g/mol. The highest BCUT2D eigenvalue weighted by molar-refractivity contribution is 7.92. The van der Waals surface area contributed by atoms with Gasteiger partial charge in [-0.1, -0.05) is 57.2 Å². The summed E-state index contributed by atoms with van der Waals surface area (Å²) in [7, 11) is -3.49. The van der Waals surface area contributed by atoms with Gasteiger partial charge in [-0.2, -0.15) is 0 Å². The van der Waals surface area contributed by atoms with Crippen molar-refractivity contribution in [3.63, 3.8) is 0 Å². The number of carbonyl (C=O) groups excluding carboxylic acids is 1. The van der Waals surface area contributed by atoms with Crippen LogP contribution < -0.4 is 9.62 Å². The molecule has 0 radical (unpaired) electrons. The molecular formula is C21H28N2O3S. The molecule has 0 aromatic heterocycles.